The van der Waals surface area contributed by atoms with Crippen LogP contribution in [0.5, 0.6) is 0 Å². The first-order valence-corrected chi connectivity index (χ1v) is 9.11. The Bertz CT molecular complexity index is 1080. The molecule has 0 aliphatic carbocycles. The van der Waals surface area contributed by atoms with E-state index in [1.54, 1.807) is 49.8 Å². The summed E-state index contributed by atoms with van der Waals surface area (Å²) in [6.45, 7) is 3.75. The molecule has 8 nitrogen and oxygen atoms in total. The van der Waals surface area contributed by atoms with Crippen LogP contribution < -0.4 is 16.2 Å². The first-order chi connectivity index (χ1) is 13.9. The molecule has 0 bridgehead atoms. The third-order valence-electron chi connectivity index (χ3n) is 4.46. The maximum Gasteiger partial charge on any atom is 0.411 e. The Labute approximate surface area is 167 Å². The summed E-state index contributed by atoms with van der Waals surface area (Å²) in [5, 5.41) is 5.26. The van der Waals surface area contributed by atoms with Crippen molar-refractivity contribution < 1.29 is 14.3 Å². The predicted molar refractivity (Wildman–Crippen MR) is 111 cm³/mol. The Morgan fingerprint density at radius 3 is 2.28 bits per heavy atom. The second kappa shape index (κ2) is 8.47. The normalized spacial score (nSPS) is 10.4. The second-order valence-corrected chi connectivity index (χ2v) is 6.31. The maximum atomic E-state index is 12.9. The molecule has 29 heavy (non-hydrogen) atoms. The summed E-state index contributed by atoms with van der Waals surface area (Å²) in [4.78, 5) is 37.0. The van der Waals surface area contributed by atoms with E-state index in [0.717, 1.165) is 0 Å². The molecule has 1 heterocycles. The topological polar surface area (TPSA) is 94.4 Å². The van der Waals surface area contributed by atoms with E-state index in [-0.39, 0.29) is 17.9 Å². The van der Waals surface area contributed by atoms with Gasteiger partial charge in [0.25, 0.3) is 11.5 Å². The van der Waals surface area contributed by atoms with Crippen molar-refractivity contribution in [1.82, 2.24) is 9.36 Å². The molecule has 2 N–H and O–H groups in total. The second-order valence-electron chi connectivity index (χ2n) is 6.31. The fourth-order valence-corrected chi connectivity index (χ4v) is 2.89. The van der Waals surface area contributed by atoms with E-state index in [0.29, 0.717) is 22.6 Å². The summed E-state index contributed by atoms with van der Waals surface area (Å²) in [5.74, 6) is -0.418. The third kappa shape index (κ3) is 4.21. The summed E-state index contributed by atoms with van der Waals surface area (Å²) >= 11 is 0. The van der Waals surface area contributed by atoms with Crippen LogP contribution in [0.1, 0.15) is 23.0 Å². The van der Waals surface area contributed by atoms with E-state index >= 15 is 0 Å². The van der Waals surface area contributed by atoms with Crippen molar-refractivity contribution in [3.05, 3.63) is 76.2 Å². The van der Waals surface area contributed by atoms with Gasteiger partial charge in [-0.05, 0) is 50.2 Å². The summed E-state index contributed by atoms with van der Waals surface area (Å²) < 4.78 is 8.00. The summed E-state index contributed by atoms with van der Waals surface area (Å²) in [5.41, 5.74) is 2.10. The fourth-order valence-electron chi connectivity index (χ4n) is 2.89. The van der Waals surface area contributed by atoms with Crippen molar-refractivity contribution in [2.45, 2.75) is 13.8 Å². The molecule has 0 atom stereocenters. The van der Waals surface area contributed by atoms with Gasteiger partial charge in [0.05, 0.1) is 18.0 Å². The van der Waals surface area contributed by atoms with Crippen LogP contribution in [0.3, 0.4) is 0 Å². The van der Waals surface area contributed by atoms with Gasteiger partial charge in [0.15, 0.2) is 0 Å². The van der Waals surface area contributed by atoms with Gasteiger partial charge in [-0.15, -0.1) is 0 Å². The summed E-state index contributed by atoms with van der Waals surface area (Å²) in [7, 11) is 1.76. The Morgan fingerprint density at radius 1 is 1.00 bits per heavy atom. The largest absolute Gasteiger partial charge is 0.450 e. The molecule has 150 valence electrons. The molecule has 3 aromatic rings. The number of nitrogens with one attached hydrogen (secondary N) is 2. The minimum absolute atomic E-state index is 0.218. The number of amides is 2. The van der Waals surface area contributed by atoms with Gasteiger partial charge in [-0.1, -0.05) is 18.2 Å². The van der Waals surface area contributed by atoms with Gasteiger partial charge in [-0.3, -0.25) is 19.6 Å². The highest BCUT2D eigenvalue weighted by molar-refractivity contribution is 6.04. The van der Waals surface area contributed by atoms with Gasteiger partial charge < -0.3 is 10.1 Å². The van der Waals surface area contributed by atoms with E-state index < -0.39 is 12.0 Å². The number of carbonyl (C=O) groups is 2. The number of carbonyl (C=O) groups excluding carboxylic acids is 2. The zero-order chi connectivity index (χ0) is 21.0. The summed E-state index contributed by atoms with van der Waals surface area (Å²) in [6.07, 6.45) is -0.564. The molecule has 2 amide bonds. The number of rotatable bonds is 5. The zero-order valence-corrected chi connectivity index (χ0v) is 16.4. The van der Waals surface area contributed by atoms with Crippen LogP contribution in [0, 0.1) is 6.92 Å². The number of hydrogen-bond donors (Lipinski definition) is 2. The number of ether oxygens (including phenoxy) is 1. The first-order valence-electron chi connectivity index (χ1n) is 9.11. The van der Waals surface area contributed by atoms with Crippen LogP contribution in [0.15, 0.2) is 59.4 Å². The first kappa shape index (κ1) is 19.9. The molecular formula is C21H22N4O4. The standard InChI is InChI=1S/C21H22N4O4/c1-4-29-21(28)22-16-12-10-15(11-13-16)19(26)23-18-14(2)24(3)25(20(18)27)17-8-6-5-7-9-17/h5-13H,4H2,1-3H3,(H,22,28)(H,23,26). The van der Waals surface area contributed by atoms with Crippen molar-refractivity contribution in [1.29, 1.82) is 0 Å². The average molecular weight is 394 g/mol. The molecule has 8 heteroatoms. The molecular weight excluding hydrogens is 372 g/mol. The molecule has 0 spiro atoms. The number of nitrogens with zero attached hydrogens (tertiary/aromatic N) is 2. The van der Waals surface area contributed by atoms with Gasteiger partial charge in [0.1, 0.15) is 5.69 Å². The molecule has 1 aromatic heterocycles. The number of anilines is 2. The van der Waals surface area contributed by atoms with Crippen molar-refractivity contribution in [2.75, 3.05) is 17.2 Å². The van der Waals surface area contributed by atoms with Crippen molar-refractivity contribution in [2.24, 2.45) is 7.05 Å². The lowest BCUT2D eigenvalue weighted by Gasteiger charge is -2.07. The molecule has 0 aliphatic rings. The van der Waals surface area contributed by atoms with Crippen LogP contribution in [0.2, 0.25) is 0 Å². The SMILES string of the molecule is CCOC(=O)Nc1ccc(C(=O)Nc2c(C)n(C)n(-c3ccccc3)c2=O)cc1. The van der Waals surface area contributed by atoms with Gasteiger partial charge in [-0.25, -0.2) is 9.48 Å². The number of para-hydroxylation sites is 1. The minimum atomic E-state index is -0.564. The fraction of sp³-hybridized carbons (Fsp3) is 0.190. The van der Waals surface area contributed by atoms with Gasteiger partial charge in [0, 0.05) is 18.3 Å². The van der Waals surface area contributed by atoms with E-state index in [2.05, 4.69) is 10.6 Å². The van der Waals surface area contributed by atoms with Crippen LogP contribution in [-0.4, -0.2) is 28.0 Å². The van der Waals surface area contributed by atoms with Gasteiger partial charge in [0.2, 0.25) is 0 Å². The summed E-state index contributed by atoms with van der Waals surface area (Å²) in [6, 6.07) is 15.5. The average Bonchev–Trinajstić information content (AvgIpc) is 2.92. The van der Waals surface area contributed by atoms with E-state index in [4.69, 9.17) is 4.74 Å². The highest BCUT2D eigenvalue weighted by Crippen LogP contribution is 2.16. The minimum Gasteiger partial charge on any atom is -0.450 e. The van der Waals surface area contributed by atoms with Crippen LogP contribution in [-0.2, 0) is 11.8 Å². The Balaban J connectivity index is 1.81. The van der Waals surface area contributed by atoms with E-state index in [9.17, 15) is 14.4 Å². The molecule has 0 unspecified atom stereocenters. The number of benzene rings is 2. The monoisotopic (exact) mass is 394 g/mol. The smallest absolute Gasteiger partial charge is 0.411 e. The Hall–Kier alpha value is -3.81. The molecule has 3 rings (SSSR count). The lowest BCUT2D eigenvalue weighted by atomic mass is 10.2. The zero-order valence-electron chi connectivity index (χ0n) is 16.4. The Kier molecular flexibility index (Phi) is 5.82. The molecule has 2 aromatic carbocycles. The lowest BCUT2D eigenvalue weighted by molar-refractivity contribution is 0.102. The Morgan fingerprint density at radius 2 is 1.66 bits per heavy atom. The van der Waals surface area contributed by atoms with Gasteiger partial charge in [-0.2, -0.15) is 0 Å². The lowest BCUT2D eigenvalue weighted by Crippen LogP contribution is -2.23. The predicted octanol–water partition coefficient (Wildman–Crippen LogP) is 3.31. The van der Waals surface area contributed by atoms with Crippen molar-refractivity contribution in [3.8, 4) is 5.69 Å². The van der Waals surface area contributed by atoms with Crippen LogP contribution in [0.25, 0.3) is 5.69 Å². The quantitative estimate of drug-likeness (QED) is 0.694. The van der Waals surface area contributed by atoms with Crippen molar-refractivity contribution >= 4 is 23.4 Å². The molecule has 0 saturated carbocycles. The molecule has 0 saturated heterocycles. The van der Waals surface area contributed by atoms with Gasteiger partial charge >= 0.3 is 6.09 Å². The number of hydrogen-bond acceptors (Lipinski definition) is 4. The van der Waals surface area contributed by atoms with Crippen molar-refractivity contribution in [3.63, 3.8) is 0 Å². The van der Waals surface area contributed by atoms with E-state index in [1.165, 1.54) is 4.68 Å². The molecule has 0 aliphatic heterocycles. The third-order valence-corrected chi connectivity index (χ3v) is 4.46. The van der Waals surface area contributed by atoms with Crippen LogP contribution in [0.4, 0.5) is 16.2 Å². The molecule has 0 radical (unpaired) electrons. The number of aromatic nitrogens is 2. The maximum absolute atomic E-state index is 12.9. The molecule has 0 fully saturated rings. The highest BCUT2D eigenvalue weighted by Gasteiger charge is 2.18. The van der Waals surface area contributed by atoms with E-state index in [1.807, 2.05) is 30.3 Å². The van der Waals surface area contributed by atoms with Crippen LogP contribution >= 0.6 is 0 Å². The highest BCUT2D eigenvalue weighted by atomic mass is 16.5.